The Morgan fingerprint density at radius 2 is 1.59 bits per heavy atom. The Kier molecular flexibility index (Phi) is 7.13. The van der Waals surface area contributed by atoms with Crippen LogP contribution in [0.1, 0.15) is 30.5 Å². The summed E-state index contributed by atoms with van der Waals surface area (Å²) in [5.41, 5.74) is 2.74. The molecule has 3 rings (SSSR count). The van der Waals surface area contributed by atoms with Crippen LogP contribution in [0.4, 0.5) is 0 Å². The molecule has 2 aromatic rings. The van der Waals surface area contributed by atoms with Crippen molar-refractivity contribution in [3.8, 4) is 11.5 Å². The van der Waals surface area contributed by atoms with Gasteiger partial charge in [-0.25, -0.2) is 0 Å². The molecule has 1 heterocycles. The molecular formula is C23H32N2O2. The largest absolute Gasteiger partial charge is 0.493 e. The molecule has 1 saturated heterocycles. The molecule has 1 unspecified atom stereocenters. The van der Waals surface area contributed by atoms with Gasteiger partial charge in [-0.15, -0.1) is 0 Å². The zero-order valence-corrected chi connectivity index (χ0v) is 16.9. The van der Waals surface area contributed by atoms with E-state index in [4.69, 9.17) is 9.47 Å². The van der Waals surface area contributed by atoms with E-state index in [9.17, 15) is 0 Å². The number of nitrogens with zero attached hydrogens (tertiary/aromatic N) is 2. The number of rotatable bonds is 8. The summed E-state index contributed by atoms with van der Waals surface area (Å²) in [6, 6.07) is 17.7. The van der Waals surface area contributed by atoms with Crippen LogP contribution >= 0.6 is 0 Å². The fourth-order valence-corrected chi connectivity index (χ4v) is 4.00. The third-order valence-corrected chi connectivity index (χ3v) is 5.58. The molecular weight excluding hydrogens is 336 g/mol. The summed E-state index contributed by atoms with van der Waals surface area (Å²) in [4.78, 5) is 5.22. The highest BCUT2D eigenvalue weighted by Crippen LogP contribution is 2.28. The van der Waals surface area contributed by atoms with Gasteiger partial charge in [-0.3, -0.25) is 4.90 Å². The first-order valence-corrected chi connectivity index (χ1v) is 9.97. The third kappa shape index (κ3) is 5.02. The van der Waals surface area contributed by atoms with Gasteiger partial charge in [-0.05, 0) is 36.1 Å². The molecule has 0 bridgehead atoms. The summed E-state index contributed by atoms with van der Waals surface area (Å²) in [6.45, 7) is 7.93. The monoisotopic (exact) mass is 368 g/mol. The second kappa shape index (κ2) is 9.77. The van der Waals surface area contributed by atoms with Gasteiger partial charge in [0, 0.05) is 38.8 Å². The van der Waals surface area contributed by atoms with Crippen molar-refractivity contribution < 1.29 is 9.47 Å². The first-order valence-electron chi connectivity index (χ1n) is 9.97. The smallest absolute Gasteiger partial charge is 0.160 e. The molecule has 2 aromatic carbocycles. The molecule has 4 nitrogen and oxygen atoms in total. The van der Waals surface area contributed by atoms with Crippen molar-refractivity contribution in [2.24, 2.45) is 0 Å². The van der Waals surface area contributed by atoms with Crippen molar-refractivity contribution in [2.75, 3.05) is 46.9 Å². The van der Waals surface area contributed by atoms with E-state index in [1.807, 2.05) is 6.07 Å². The van der Waals surface area contributed by atoms with E-state index in [0.717, 1.165) is 57.1 Å². The van der Waals surface area contributed by atoms with Gasteiger partial charge in [-0.1, -0.05) is 43.3 Å². The Labute approximate surface area is 163 Å². The first kappa shape index (κ1) is 19.7. The highest BCUT2D eigenvalue weighted by molar-refractivity contribution is 5.42. The maximum Gasteiger partial charge on any atom is 0.160 e. The minimum Gasteiger partial charge on any atom is -0.493 e. The summed E-state index contributed by atoms with van der Waals surface area (Å²) in [6.07, 6.45) is 2.20. The van der Waals surface area contributed by atoms with E-state index in [0.29, 0.717) is 6.04 Å². The highest BCUT2D eigenvalue weighted by atomic mass is 16.5. The number of methoxy groups -OCH3 is 2. The fraction of sp³-hybridized carbons (Fsp3) is 0.478. The van der Waals surface area contributed by atoms with Crippen molar-refractivity contribution in [1.82, 2.24) is 9.80 Å². The Morgan fingerprint density at radius 1 is 0.889 bits per heavy atom. The van der Waals surface area contributed by atoms with E-state index in [2.05, 4.69) is 59.2 Å². The van der Waals surface area contributed by atoms with Gasteiger partial charge in [-0.2, -0.15) is 0 Å². The zero-order valence-electron chi connectivity index (χ0n) is 16.9. The maximum absolute atomic E-state index is 5.42. The minimum absolute atomic E-state index is 0.541. The molecule has 0 radical (unpaired) electrons. The molecule has 1 aliphatic heterocycles. The lowest BCUT2D eigenvalue weighted by atomic mass is 10.0. The Bertz CT molecular complexity index is 697. The average molecular weight is 369 g/mol. The second-order valence-electron chi connectivity index (χ2n) is 7.15. The molecule has 0 aromatic heterocycles. The number of ether oxygens (including phenoxy) is 2. The zero-order chi connectivity index (χ0) is 19.1. The molecule has 0 aliphatic carbocycles. The molecule has 1 atom stereocenters. The van der Waals surface area contributed by atoms with E-state index in [-0.39, 0.29) is 0 Å². The van der Waals surface area contributed by atoms with Crippen molar-refractivity contribution in [1.29, 1.82) is 0 Å². The molecule has 0 amide bonds. The number of hydrogen-bond acceptors (Lipinski definition) is 4. The summed E-state index contributed by atoms with van der Waals surface area (Å²) < 4.78 is 10.7. The van der Waals surface area contributed by atoms with Crippen LogP contribution in [0.3, 0.4) is 0 Å². The van der Waals surface area contributed by atoms with Gasteiger partial charge in [0.05, 0.1) is 14.2 Å². The van der Waals surface area contributed by atoms with E-state index in [1.54, 1.807) is 14.2 Å². The predicted molar refractivity (Wildman–Crippen MR) is 111 cm³/mol. The number of benzene rings is 2. The Morgan fingerprint density at radius 3 is 2.22 bits per heavy atom. The van der Waals surface area contributed by atoms with E-state index >= 15 is 0 Å². The molecule has 146 valence electrons. The molecule has 0 spiro atoms. The maximum atomic E-state index is 5.42. The van der Waals surface area contributed by atoms with Gasteiger partial charge in [0.15, 0.2) is 11.5 Å². The van der Waals surface area contributed by atoms with Crippen LogP contribution in [0.15, 0.2) is 48.5 Å². The van der Waals surface area contributed by atoms with Crippen LogP contribution in [-0.4, -0.2) is 56.7 Å². The standard InChI is InChI=1S/C23H32N2O2/c1-4-21(20-8-6-5-7-9-20)25-16-14-24(15-17-25)13-12-19-10-11-22(26-2)23(18-19)27-3/h5-11,18,21H,4,12-17H2,1-3H3. The molecule has 1 fully saturated rings. The van der Waals surface area contributed by atoms with Crippen LogP contribution in [0.5, 0.6) is 11.5 Å². The van der Waals surface area contributed by atoms with Crippen molar-refractivity contribution >= 4 is 0 Å². The first-order chi connectivity index (χ1) is 13.2. The SMILES string of the molecule is CCC(c1ccccc1)N1CCN(CCc2ccc(OC)c(OC)c2)CC1. The highest BCUT2D eigenvalue weighted by Gasteiger charge is 2.23. The summed E-state index contributed by atoms with van der Waals surface area (Å²) in [7, 11) is 3.37. The van der Waals surface area contributed by atoms with Crippen molar-refractivity contribution in [3.63, 3.8) is 0 Å². The van der Waals surface area contributed by atoms with Crippen LogP contribution in [0, 0.1) is 0 Å². The molecule has 27 heavy (non-hydrogen) atoms. The van der Waals surface area contributed by atoms with Gasteiger partial charge in [0.25, 0.3) is 0 Å². The fourth-order valence-electron chi connectivity index (χ4n) is 4.00. The molecule has 1 aliphatic rings. The van der Waals surface area contributed by atoms with E-state index < -0.39 is 0 Å². The van der Waals surface area contributed by atoms with Gasteiger partial charge in [0.2, 0.25) is 0 Å². The average Bonchev–Trinajstić information content (AvgIpc) is 2.74. The van der Waals surface area contributed by atoms with Crippen LogP contribution < -0.4 is 9.47 Å². The summed E-state index contributed by atoms with van der Waals surface area (Å²) in [5.74, 6) is 1.61. The summed E-state index contributed by atoms with van der Waals surface area (Å²) >= 11 is 0. The summed E-state index contributed by atoms with van der Waals surface area (Å²) in [5, 5.41) is 0. The number of hydrogen-bond donors (Lipinski definition) is 0. The van der Waals surface area contributed by atoms with Crippen LogP contribution in [0.25, 0.3) is 0 Å². The Hall–Kier alpha value is -2.04. The molecule has 0 saturated carbocycles. The quantitative estimate of drug-likeness (QED) is 0.703. The van der Waals surface area contributed by atoms with Crippen molar-refractivity contribution in [3.05, 3.63) is 59.7 Å². The van der Waals surface area contributed by atoms with Gasteiger partial charge < -0.3 is 14.4 Å². The van der Waals surface area contributed by atoms with Gasteiger partial charge >= 0.3 is 0 Å². The number of piperazine rings is 1. The lowest BCUT2D eigenvalue weighted by molar-refractivity contribution is 0.0945. The van der Waals surface area contributed by atoms with E-state index in [1.165, 1.54) is 11.1 Å². The van der Waals surface area contributed by atoms with Crippen molar-refractivity contribution in [2.45, 2.75) is 25.8 Å². The van der Waals surface area contributed by atoms with Crippen LogP contribution in [-0.2, 0) is 6.42 Å². The topological polar surface area (TPSA) is 24.9 Å². The van der Waals surface area contributed by atoms with Crippen LogP contribution in [0.2, 0.25) is 0 Å². The second-order valence-corrected chi connectivity index (χ2v) is 7.15. The lowest BCUT2D eigenvalue weighted by Crippen LogP contribution is -2.48. The molecule has 4 heteroatoms. The normalized spacial score (nSPS) is 16.9. The minimum atomic E-state index is 0.541. The van der Waals surface area contributed by atoms with Gasteiger partial charge in [0.1, 0.15) is 0 Å². The lowest BCUT2D eigenvalue weighted by Gasteiger charge is -2.39. The third-order valence-electron chi connectivity index (χ3n) is 5.58. The Balaban J connectivity index is 1.51. The predicted octanol–water partition coefficient (Wildman–Crippen LogP) is 4.02. The molecule has 0 N–H and O–H groups in total.